The fourth-order valence-corrected chi connectivity index (χ4v) is 9.73. The van der Waals surface area contributed by atoms with Gasteiger partial charge < -0.3 is 9.64 Å². The van der Waals surface area contributed by atoms with Crippen LogP contribution >= 0.6 is 0 Å². The van der Waals surface area contributed by atoms with Crippen LogP contribution in [0.1, 0.15) is 70.9 Å². The predicted octanol–water partition coefficient (Wildman–Crippen LogP) is 14.6. The van der Waals surface area contributed by atoms with Crippen LogP contribution in [-0.4, -0.2) is 6.71 Å². The van der Waals surface area contributed by atoms with Gasteiger partial charge in [-0.1, -0.05) is 199 Å². The lowest BCUT2D eigenvalue weighted by Gasteiger charge is -2.42. The predicted molar refractivity (Wildman–Crippen MR) is 265 cm³/mol. The highest BCUT2D eigenvalue weighted by molar-refractivity contribution is 6.99. The van der Waals surface area contributed by atoms with Gasteiger partial charge in [0.2, 0.25) is 0 Å². The summed E-state index contributed by atoms with van der Waals surface area (Å²) in [6, 6.07) is 67.5. The smallest absolute Gasteiger partial charge is 0.256 e. The molecular formula is C59H54BNO. The number of hydrogen-bond acceptors (Lipinski definition) is 2. The van der Waals surface area contributed by atoms with Crippen LogP contribution in [0.5, 0.6) is 11.5 Å². The standard InChI is InChI=1S/C59H54BNO/c1-5-6-7-8-13-22-41-35-54-57-56(36-41)62-55-34-32-47(43-25-16-10-17-26-43)38-52(55)60(57)51-37-46(42-23-14-9-15-24-42)31-33-53(51)61(54)58-49(44-27-18-11-19-28-44)39-48(59(2,3)4)40-50(58)45-29-20-12-21-30-45/h9-12,14-21,23-40H,5-8,13,22H2,1-4H3. The topological polar surface area (TPSA) is 12.5 Å². The normalized spacial score (nSPS) is 12.6. The average Bonchev–Trinajstić information content (AvgIpc) is 3.31. The Hall–Kier alpha value is -6.58. The van der Waals surface area contributed by atoms with Crippen molar-refractivity contribution in [1.82, 2.24) is 0 Å². The molecule has 8 aromatic rings. The van der Waals surface area contributed by atoms with E-state index >= 15 is 0 Å². The lowest BCUT2D eigenvalue weighted by atomic mass is 9.34. The van der Waals surface area contributed by atoms with Crippen molar-refractivity contribution < 1.29 is 4.74 Å². The van der Waals surface area contributed by atoms with E-state index in [0.29, 0.717) is 0 Å². The minimum atomic E-state index is -0.0774. The molecule has 0 N–H and O–H groups in total. The molecule has 0 aromatic heterocycles. The highest BCUT2D eigenvalue weighted by Gasteiger charge is 2.43. The van der Waals surface area contributed by atoms with E-state index in [2.05, 4.69) is 215 Å². The first-order valence-corrected chi connectivity index (χ1v) is 22.7. The summed E-state index contributed by atoms with van der Waals surface area (Å²) in [6.45, 7) is 9.23. The van der Waals surface area contributed by atoms with Crippen molar-refractivity contribution >= 4 is 40.2 Å². The Morgan fingerprint density at radius 3 is 1.56 bits per heavy atom. The SMILES string of the molecule is CCCCCCCc1cc2c3c(c1)N(c1c(-c4ccccc4)cc(C(C)(C)C)cc1-c1ccccc1)c1ccc(-c4ccccc4)cc1B3c1cc(-c3ccccc3)ccc1O2. The van der Waals surface area contributed by atoms with Gasteiger partial charge in [0.1, 0.15) is 11.5 Å². The molecule has 304 valence electrons. The first-order chi connectivity index (χ1) is 30.4. The molecule has 2 aliphatic heterocycles. The van der Waals surface area contributed by atoms with E-state index in [1.807, 2.05) is 0 Å². The molecule has 0 amide bonds. The Morgan fingerprint density at radius 2 is 1.00 bits per heavy atom. The maximum absolute atomic E-state index is 7.18. The van der Waals surface area contributed by atoms with Crippen molar-refractivity contribution in [3.8, 4) is 56.0 Å². The lowest BCUT2D eigenvalue weighted by Crippen LogP contribution is -2.59. The second-order valence-corrected chi connectivity index (χ2v) is 18.2. The van der Waals surface area contributed by atoms with Gasteiger partial charge in [-0.2, -0.15) is 0 Å². The summed E-state index contributed by atoms with van der Waals surface area (Å²) in [5, 5.41) is 0. The molecule has 0 spiro atoms. The number of benzene rings is 8. The van der Waals surface area contributed by atoms with E-state index in [-0.39, 0.29) is 12.1 Å². The zero-order valence-corrected chi connectivity index (χ0v) is 36.5. The Kier molecular flexibility index (Phi) is 10.7. The van der Waals surface area contributed by atoms with Crippen molar-refractivity contribution in [2.75, 3.05) is 4.90 Å². The number of hydrogen-bond donors (Lipinski definition) is 0. The molecule has 0 saturated heterocycles. The van der Waals surface area contributed by atoms with E-state index in [1.165, 1.54) is 115 Å². The number of fused-ring (bicyclic) bond motifs is 4. The molecule has 2 heterocycles. The zero-order chi connectivity index (χ0) is 42.2. The van der Waals surface area contributed by atoms with Gasteiger partial charge in [-0.05, 0) is 116 Å². The van der Waals surface area contributed by atoms with Crippen LogP contribution in [0.25, 0.3) is 44.5 Å². The number of nitrogens with zero attached hydrogens (tertiary/aromatic N) is 1. The molecule has 0 saturated carbocycles. The molecule has 0 fully saturated rings. The number of aryl methyl sites for hydroxylation is 1. The highest BCUT2D eigenvalue weighted by atomic mass is 16.5. The molecule has 3 heteroatoms. The van der Waals surface area contributed by atoms with Crippen LogP contribution in [0.4, 0.5) is 17.1 Å². The molecule has 62 heavy (non-hydrogen) atoms. The minimum absolute atomic E-state index is 0.0462. The largest absolute Gasteiger partial charge is 0.458 e. The van der Waals surface area contributed by atoms with E-state index in [9.17, 15) is 0 Å². The summed E-state index contributed by atoms with van der Waals surface area (Å²) in [5.41, 5.74) is 19.5. The summed E-state index contributed by atoms with van der Waals surface area (Å²) < 4.78 is 7.18. The summed E-state index contributed by atoms with van der Waals surface area (Å²) in [6.07, 6.45) is 7.19. The van der Waals surface area contributed by atoms with Gasteiger partial charge in [-0.3, -0.25) is 0 Å². The Labute approximate surface area is 369 Å². The van der Waals surface area contributed by atoms with Gasteiger partial charge in [0.25, 0.3) is 6.71 Å². The molecule has 8 aromatic carbocycles. The number of ether oxygens (including phenoxy) is 1. The Morgan fingerprint density at radius 1 is 0.468 bits per heavy atom. The molecule has 0 radical (unpaired) electrons. The third-order valence-electron chi connectivity index (χ3n) is 13.0. The number of anilines is 3. The zero-order valence-electron chi connectivity index (χ0n) is 36.5. The highest BCUT2D eigenvalue weighted by Crippen LogP contribution is 2.51. The van der Waals surface area contributed by atoms with Crippen molar-refractivity contribution in [2.45, 2.75) is 71.6 Å². The van der Waals surface area contributed by atoms with Gasteiger partial charge >= 0.3 is 0 Å². The van der Waals surface area contributed by atoms with Crippen LogP contribution in [0, 0.1) is 0 Å². The van der Waals surface area contributed by atoms with Gasteiger partial charge in [0, 0.05) is 22.5 Å². The first kappa shape index (κ1) is 39.6. The summed E-state index contributed by atoms with van der Waals surface area (Å²) >= 11 is 0. The molecule has 2 nitrogen and oxygen atoms in total. The fourth-order valence-electron chi connectivity index (χ4n) is 9.73. The maximum Gasteiger partial charge on any atom is 0.256 e. The van der Waals surface area contributed by atoms with Crippen molar-refractivity contribution in [2.24, 2.45) is 0 Å². The van der Waals surface area contributed by atoms with E-state index in [1.54, 1.807) is 0 Å². The summed E-state index contributed by atoms with van der Waals surface area (Å²) in [5.74, 6) is 1.90. The Balaban J connectivity index is 1.30. The van der Waals surface area contributed by atoms with Gasteiger partial charge in [-0.15, -0.1) is 0 Å². The lowest BCUT2D eigenvalue weighted by molar-refractivity contribution is 0.486. The molecule has 0 unspecified atom stereocenters. The van der Waals surface area contributed by atoms with Gasteiger partial charge in [-0.25, -0.2) is 0 Å². The first-order valence-electron chi connectivity index (χ1n) is 22.7. The second-order valence-electron chi connectivity index (χ2n) is 18.2. The molecule has 2 aliphatic rings. The third kappa shape index (κ3) is 7.45. The quantitative estimate of drug-likeness (QED) is 0.0954. The van der Waals surface area contributed by atoms with E-state index < -0.39 is 0 Å². The van der Waals surface area contributed by atoms with Gasteiger partial charge in [0.15, 0.2) is 0 Å². The van der Waals surface area contributed by atoms with Crippen LogP contribution in [0.3, 0.4) is 0 Å². The molecular weight excluding hydrogens is 749 g/mol. The van der Waals surface area contributed by atoms with Crippen LogP contribution in [-0.2, 0) is 11.8 Å². The number of unbranched alkanes of at least 4 members (excludes halogenated alkanes) is 4. The van der Waals surface area contributed by atoms with Crippen LogP contribution in [0.15, 0.2) is 182 Å². The third-order valence-corrected chi connectivity index (χ3v) is 13.0. The number of rotatable bonds is 11. The monoisotopic (exact) mass is 803 g/mol. The molecule has 0 atom stereocenters. The van der Waals surface area contributed by atoms with E-state index in [0.717, 1.165) is 24.3 Å². The fraction of sp³-hybridized carbons (Fsp3) is 0.186. The Bertz CT molecular complexity index is 2800. The maximum atomic E-state index is 7.18. The molecule has 10 rings (SSSR count). The van der Waals surface area contributed by atoms with Crippen LogP contribution in [0.2, 0.25) is 0 Å². The van der Waals surface area contributed by atoms with Crippen molar-refractivity contribution in [3.05, 3.63) is 193 Å². The van der Waals surface area contributed by atoms with Gasteiger partial charge in [0.05, 0.1) is 5.69 Å². The van der Waals surface area contributed by atoms with Crippen molar-refractivity contribution in [3.63, 3.8) is 0 Å². The molecule has 0 aliphatic carbocycles. The molecule has 0 bridgehead atoms. The summed E-state index contributed by atoms with van der Waals surface area (Å²) in [7, 11) is 0. The van der Waals surface area contributed by atoms with Crippen molar-refractivity contribution in [1.29, 1.82) is 0 Å². The minimum Gasteiger partial charge on any atom is -0.458 e. The van der Waals surface area contributed by atoms with E-state index in [4.69, 9.17) is 4.74 Å². The second kappa shape index (κ2) is 16.7. The summed E-state index contributed by atoms with van der Waals surface area (Å²) in [4.78, 5) is 2.62. The average molecular weight is 804 g/mol. The van der Waals surface area contributed by atoms with Crippen LogP contribution < -0.4 is 26.0 Å².